The molecule has 0 aliphatic carbocycles. The van der Waals surface area contributed by atoms with E-state index in [0.29, 0.717) is 24.1 Å². The Labute approximate surface area is 208 Å². The lowest BCUT2D eigenvalue weighted by Crippen LogP contribution is -2.30. The summed E-state index contributed by atoms with van der Waals surface area (Å²) in [5, 5.41) is 12.1. The summed E-state index contributed by atoms with van der Waals surface area (Å²) in [6.07, 6.45) is 7.97. The quantitative estimate of drug-likeness (QED) is 0.315. The number of benzene rings is 2. The number of nitrogens with zero attached hydrogens (tertiary/aromatic N) is 4. The van der Waals surface area contributed by atoms with Gasteiger partial charge in [-0.15, -0.1) is 0 Å². The molecule has 0 aliphatic rings. The van der Waals surface area contributed by atoms with Crippen LogP contribution in [0.3, 0.4) is 0 Å². The predicted molar refractivity (Wildman–Crippen MR) is 138 cm³/mol. The highest BCUT2D eigenvalue weighted by molar-refractivity contribution is 6.06. The predicted octanol–water partition coefficient (Wildman–Crippen LogP) is 3.59. The molecule has 0 aliphatic heterocycles. The third-order valence-electron chi connectivity index (χ3n) is 6.22. The van der Waals surface area contributed by atoms with Crippen molar-refractivity contribution in [2.75, 3.05) is 6.54 Å². The zero-order valence-electron chi connectivity index (χ0n) is 19.8. The largest absolute Gasteiger partial charge is 0.366 e. The average molecular weight is 479 g/mol. The molecule has 0 radical (unpaired) electrons. The molecule has 0 bridgehead atoms. The van der Waals surface area contributed by atoms with E-state index in [0.717, 1.165) is 27.8 Å². The monoisotopic (exact) mass is 478 g/mol. The van der Waals surface area contributed by atoms with Crippen LogP contribution in [0.1, 0.15) is 37.9 Å². The molecule has 1 unspecified atom stereocenters. The van der Waals surface area contributed by atoms with Crippen molar-refractivity contribution < 1.29 is 9.59 Å². The van der Waals surface area contributed by atoms with Gasteiger partial charge in [-0.25, -0.2) is 4.52 Å². The molecular formula is C28H26N6O2. The molecule has 1 amide bonds. The number of hydrogen-bond acceptors (Lipinski definition) is 5. The van der Waals surface area contributed by atoms with Crippen LogP contribution in [0.2, 0.25) is 0 Å². The molecule has 0 fully saturated rings. The van der Waals surface area contributed by atoms with Gasteiger partial charge in [0, 0.05) is 42.7 Å². The van der Waals surface area contributed by atoms with Crippen LogP contribution in [0.5, 0.6) is 0 Å². The maximum Gasteiger partial charge on any atom is 0.248 e. The van der Waals surface area contributed by atoms with Crippen molar-refractivity contribution in [3.8, 4) is 11.1 Å². The third kappa shape index (κ3) is 4.80. The second-order valence-corrected chi connectivity index (χ2v) is 8.68. The summed E-state index contributed by atoms with van der Waals surface area (Å²) in [6.45, 7) is 0.575. The molecule has 5 aromatic rings. The summed E-state index contributed by atoms with van der Waals surface area (Å²) in [5.41, 5.74) is 11.0. The van der Waals surface area contributed by atoms with Crippen LogP contribution in [0.15, 0.2) is 91.5 Å². The highest BCUT2D eigenvalue weighted by Gasteiger charge is 2.24. The molecule has 3 heterocycles. The van der Waals surface area contributed by atoms with Crippen molar-refractivity contribution in [2.24, 2.45) is 12.8 Å². The van der Waals surface area contributed by atoms with Gasteiger partial charge in [-0.1, -0.05) is 48.5 Å². The Morgan fingerprint density at radius 3 is 2.39 bits per heavy atom. The Hall–Kier alpha value is -4.56. The molecule has 180 valence electrons. The Bertz CT molecular complexity index is 1520. The molecule has 8 heteroatoms. The number of aryl methyl sites for hydroxylation is 1. The van der Waals surface area contributed by atoms with Crippen molar-refractivity contribution in [3.63, 3.8) is 0 Å². The van der Waals surface area contributed by atoms with Crippen LogP contribution in [-0.2, 0) is 13.5 Å². The number of nitrogens with two attached hydrogens (primary N) is 1. The topological polar surface area (TPSA) is 107 Å². The maximum absolute atomic E-state index is 13.8. The number of fused-ring (bicyclic) bond motifs is 1. The molecule has 36 heavy (non-hydrogen) atoms. The number of amides is 1. The summed E-state index contributed by atoms with van der Waals surface area (Å²) in [5.74, 6) is -0.496. The molecule has 5 rings (SSSR count). The van der Waals surface area contributed by atoms with Crippen LogP contribution in [-0.4, -0.2) is 37.6 Å². The third-order valence-corrected chi connectivity index (χ3v) is 6.22. The van der Waals surface area contributed by atoms with Crippen molar-refractivity contribution in [3.05, 3.63) is 114 Å². The van der Waals surface area contributed by atoms with E-state index in [1.807, 2.05) is 74.0 Å². The minimum atomic E-state index is -0.526. The molecule has 2 aromatic carbocycles. The second kappa shape index (κ2) is 9.97. The summed E-state index contributed by atoms with van der Waals surface area (Å²) < 4.78 is 3.48. The number of primary amides is 1. The standard InChI is InChI=1S/C28H26N6O2/c1-33-17-23(15-31-33)22-11-12-25-24(16-32-34(25)18-22)27(35)26(20-5-3-2-4-6-20)30-14-13-19-7-9-21(10-8-19)28(29)36/h2-12,15-18,26,30H,13-14H2,1H3,(H2,29,36). The van der Waals surface area contributed by atoms with Gasteiger partial charge >= 0.3 is 0 Å². The summed E-state index contributed by atoms with van der Waals surface area (Å²) >= 11 is 0. The van der Waals surface area contributed by atoms with Crippen molar-refractivity contribution >= 4 is 17.2 Å². The molecule has 0 saturated heterocycles. The van der Waals surface area contributed by atoms with Crippen LogP contribution in [0, 0.1) is 0 Å². The molecule has 3 N–H and O–H groups in total. The fourth-order valence-electron chi connectivity index (χ4n) is 4.27. The summed E-state index contributed by atoms with van der Waals surface area (Å²) in [4.78, 5) is 25.1. The molecule has 0 saturated carbocycles. The lowest BCUT2D eigenvalue weighted by molar-refractivity contribution is 0.0943. The first kappa shape index (κ1) is 23.2. The Balaban J connectivity index is 1.37. The molecule has 3 aromatic heterocycles. The minimum absolute atomic E-state index is 0.0468. The van der Waals surface area contributed by atoms with Gasteiger partial charge in [-0.05, 0) is 35.7 Å². The molecule has 1 atom stereocenters. The van der Waals surface area contributed by atoms with E-state index in [4.69, 9.17) is 5.73 Å². The van der Waals surface area contributed by atoms with Gasteiger partial charge in [0.15, 0.2) is 5.78 Å². The SMILES string of the molecule is Cn1cc(-c2ccc3c(C(=O)C(NCCc4ccc(C(N)=O)cc4)c4ccccc4)cnn3c2)cn1. The molecule has 0 spiro atoms. The first-order valence-electron chi connectivity index (χ1n) is 11.7. The van der Waals surface area contributed by atoms with E-state index in [-0.39, 0.29) is 5.78 Å². The van der Waals surface area contributed by atoms with Gasteiger partial charge < -0.3 is 11.1 Å². The molecule has 8 nitrogen and oxygen atoms in total. The number of nitrogens with one attached hydrogen (secondary N) is 1. The first-order valence-corrected chi connectivity index (χ1v) is 11.7. The van der Waals surface area contributed by atoms with Gasteiger partial charge in [0.05, 0.1) is 29.5 Å². The highest BCUT2D eigenvalue weighted by Crippen LogP contribution is 2.25. The number of Topliss-reactive ketones (excluding diaryl/α,β-unsaturated/α-hetero) is 1. The highest BCUT2D eigenvalue weighted by atomic mass is 16.1. The van der Waals surface area contributed by atoms with E-state index in [1.165, 1.54) is 0 Å². The number of rotatable bonds is 9. The Kier molecular flexibility index (Phi) is 6.42. The van der Waals surface area contributed by atoms with Gasteiger partial charge in [0.1, 0.15) is 0 Å². The number of hydrogen-bond donors (Lipinski definition) is 2. The second-order valence-electron chi connectivity index (χ2n) is 8.68. The van der Waals surface area contributed by atoms with E-state index >= 15 is 0 Å². The zero-order chi connectivity index (χ0) is 25.1. The smallest absolute Gasteiger partial charge is 0.248 e. The van der Waals surface area contributed by atoms with E-state index in [9.17, 15) is 9.59 Å². The fraction of sp³-hybridized carbons (Fsp3) is 0.143. The van der Waals surface area contributed by atoms with Crippen molar-refractivity contribution in [2.45, 2.75) is 12.5 Å². The van der Waals surface area contributed by atoms with Crippen LogP contribution in [0.4, 0.5) is 0 Å². The normalized spacial score (nSPS) is 12.0. The van der Waals surface area contributed by atoms with E-state index in [2.05, 4.69) is 15.5 Å². The van der Waals surface area contributed by atoms with Crippen LogP contribution < -0.4 is 11.1 Å². The Morgan fingerprint density at radius 2 is 1.69 bits per heavy atom. The van der Waals surface area contributed by atoms with Crippen LogP contribution >= 0.6 is 0 Å². The summed E-state index contributed by atoms with van der Waals surface area (Å²) in [7, 11) is 1.87. The van der Waals surface area contributed by atoms with E-state index < -0.39 is 11.9 Å². The number of aromatic nitrogens is 4. The first-order chi connectivity index (χ1) is 17.5. The molecular weight excluding hydrogens is 452 g/mol. The minimum Gasteiger partial charge on any atom is -0.366 e. The number of carbonyl (C=O) groups excluding carboxylic acids is 2. The Morgan fingerprint density at radius 1 is 0.917 bits per heavy atom. The average Bonchev–Trinajstić information content (AvgIpc) is 3.53. The van der Waals surface area contributed by atoms with Gasteiger partial charge in [0.2, 0.25) is 5.91 Å². The fourth-order valence-corrected chi connectivity index (χ4v) is 4.27. The van der Waals surface area contributed by atoms with Crippen molar-refractivity contribution in [1.29, 1.82) is 0 Å². The number of ketones is 1. The summed E-state index contributed by atoms with van der Waals surface area (Å²) in [6, 6.07) is 20.3. The van der Waals surface area contributed by atoms with Crippen molar-refractivity contribution in [1.82, 2.24) is 24.7 Å². The number of pyridine rings is 1. The maximum atomic E-state index is 13.8. The lowest BCUT2D eigenvalue weighted by atomic mass is 9.97. The van der Waals surface area contributed by atoms with Gasteiger partial charge in [-0.3, -0.25) is 14.3 Å². The lowest BCUT2D eigenvalue weighted by Gasteiger charge is -2.18. The number of carbonyl (C=O) groups is 2. The van der Waals surface area contributed by atoms with Crippen LogP contribution in [0.25, 0.3) is 16.6 Å². The van der Waals surface area contributed by atoms with E-state index in [1.54, 1.807) is 33.7 Å². The zero-order valence-corrected chi connectivity index (χ0v) is 19.8. The van der Waals surface area contributed by atoms with Gasteiger partial charge in [-0.2, -0.15) is 10.2 Å². The van der Waals surface area contributed by atoms with Gasteiger partial charge in [0.25, 0.3) is 0 Å².